The number of nitrogens with zero attached hydrogens (tertiary/aromatic N) is 4. The van der Waals surface area contributed by atoms with Gasteiger partial charge in [-0.15, -0.1) is 11.3 Å². The molecule has 10 rings (SSSR count). The summed E-state index contributed by atoms with van der Waals surface area (Å²) in [5, 5.41) is 12.0. The van der Waals surface area contributed by atoms with Crippen LogP contribution < -0.4 is 25.5 Å². The monoisotopic (exact) mass is 750 g/mol. The van der Waals surface area contributed by atoms with Gasteiger partial charge in [0.2, 0.25) is 0 Å². The van der Waals surface area contributed by atoms with E-state index in [1.807, 2.05) is 11.3 Å². The number of hydrogen-bond donors (Lipinski definition) is 0. The molecule has 0 saturated heterocycles. The van der Waals surface area contributed by atoms with Crippen molar-refractivity contribution >= 4 is 78.1 Å². The van der Waals surface area contributed by atoms with Crippen LogP contribution in [0, 0.1) is 11.3 Å². The van der Waals surface area contributed by atoms with E-state index in [-0.39, 0.29) is 33.8 Å². The first-order chi connectivity index (χ1) is 26.3. The van der Waals surface area contributed by atoms with E-state index in [2.05, 4.69) is 177 Å². The van der Waals surface area contributed by atoms with Crippen molar-refractivity contribution in [1.29, 1.82) is 5.26 Å². The van der Waals surface area contributed by atoms with Gasteiger partial charge in [0.15, 0.2) is 0 Å². The molecule has 4 nitrogen and oxygen atoms in total. The summed E-state index contributed by atoms with van der Waals surface area (Å²) in [7, 11) is 0. The van der Waals surface area contributed by atoms with Crippen molar-refractivity contribution in [3.63, 3.8) is 0 Å². The minimum Gasteiger partial charge on any atom is -0.310 e. The molecule has 0 fully saturated rings. The maximum Gasteiger partial charge on any atom is 0.266 e. The van der Waals surface area contributed by atoms with E-state index in [1.54, 1.807) is 0 Å². The van der Waals surface area contributed by atoms with Crippen LogP contribution in [0.3, 0.4) is 0 Å². The van der Waals surface area contributed by atoms with Gasteiger partial charge < -0.3 is 4.90 Å². The molecule has 56 heavy (non-hydrogen) atoms. The van der Waals surface area contributed by atoms with E-state index in [4.69, 9.17) is 4.98 Å². The quantitative estimate of drug-likeness (QED) is 0.165. The Morgan fingerprint density at radius 1 is 0.679 bits per heavy atom. The smallest absolute Gasteiger partial charge is 0.266 e. The van der Waals surface area contributed by atoms with E-state index >= 15 is 0 Å². The van der Waals surface area contributed by atoms with Crippen LogP contribution in [0.1, 0.15) is 123 Å². The minimum absolute atomic E-state index is 0.00521. The Morgan fingerprint density at radius 3 is 1.98 bits per heavy atom. The fourth-order valence-electron chi connectivity index (χ4n) is 11.5. The fourth-order valence-corrected chi connectivity index (χ4v) is 12.8. The molecule has 0 amide bonds. The van der Waals surface area contributed by atoms with Crippen LogP contribution in [0.4, 0.5) is 34.3 Å². The summed E-state index contributed by atoms with van der Waals surface area (Å²) in [4.78, 5) is 10.2. The predicted molar refractivity (Wildman–Crippen MR) is 238 cm³/mol. The standard InChI is InChI=1S/C50H51BN4S/c1-46(2,3)29-17-20-41-33(21-29)43-44(56-41)51-38-24-36-37(50(10,11)28-49(36,8)9)25-39(38)55(32-18-19-34-35(23-32)48(6,7)27-47(34,4)5)45-42(51)40(22-30(26-52)53-45)54(43)31-15-13-12-14-16-31/h12-25H,27-28H2,1-11H3. The van der Waals surface area contributed by atoms with E-state index in [0.29, 0.717) is 5.69 Å². The first-order valence-electron chi connectivity index (χ1n) is 20.3. The molecule has 6 aromatic rings. The number of thiophene rings is 1. The Hall–Kier alpha value is -4.86. The SMILES string of the molecule is CC(C)(C)c1ccc2sc3c(c2c1)N(c1ccccc1)c1cc(C#N)nc2c1B3c1cc3c(cc1N2c1ccc2c(c1)C(C)(C)CC2(C)C)C(C)(C)CC3(C)C. The molecule has 0 spiro atoms. The third-order valence-electron chi connectivity index (χ3n) is 13.6. The molecule has 4 aliphatic rings. The maximum absolute atomic E-state index is 10.8. The van der Waals surface area contributed by atoms with Crippen molar-refractivity contribution < 1.29 is 0 Å². The highest BCUT2D eigenvalue weighted by Crippen LogP contribution is 2.55. The van der Waals surface area contributed by atoms with Gasteiger partial charge in [-0.3, -0.25) is 4.90 Å². The second kappa shape index (κ2) is 11.2. The lowest BCUT2D eigenvalue weighted by Crippen LogP contribution is -2.61. The molecular weight excluding hydrogens is 699 g/mol. The van der Waals surface area contributed by atoms with Crippen LogP contribution in [-0.4, -0.2) is 11.7 Å². The van der Waals surface area contributed by atoms with Crippen molar-refractivity contribution in [3.05, 3.63) is 118 Å². The zero-order valence-electron chi connectivity index (χ0n) is 34.8. The molecule has 0 saturated carbocycles. The Labute approximate surface area is 337 Å². The molecule has 280 valence electrons. The second-order valence-electron chi connectivity index (χ2n) is 20.7. The molecule has 4 aromatic carbocycles. The number of aromatic nitrogens is 1. The number of pyridine rings is 1. The van der Waals surface area contributed by atoms with Crippen molar-refractivity contribution in [2.24, 2.45) is 0 Å². The Morgan fingerprint density at radius 2 is 1.32 bits per heavy atom. The van der Waals surface area contributed by atoms with Crippen LogP contribution in [-0.2, 0) is 27.1 Å². The topological polar surface area (TPSA) is 43.2 Å². The number of nitriles is 1. The number of rotatable bonds is 2. The lowest BCUT2D eigenvalue weighted by molar-refractivity contribution is 0.403. The van der Waals surface area contributed by atoms with Crippen molar-refractivity contribution in [3.8, 4) is 6.07 Å². The van der Waals surface area contributed by atoms with Crippen LogP contribution in [0.5, 0.6) is 0 Å². The summed E-state index contributed by atoms with van der Waals surface area (Å²) in [6.07, 6.45) is 2.19. The van der Waals surface area contributed by atoms with Gasteiger partial charge in [-0.1, -0.05) is 113 Å². The highest BCUT2D eigenvalue weighted by atomic mass is 32.1. The fraction of sp³-hybridized carbons (Fsp3) is 0.360. The van der Waals surface area contributed by atoms with Crippen LogP contribution >= 0.6 is 11.3 Å². The average Bonchev–Trinajstić information content (AvgIpc) is 3.66. The highest BCUT2D eigenvalue weighted by molar-refractivity contribution is 7.33. The molecule has 0 atom stereocenters. The number of para-hydroxylation sites is 1. The summed E-state index contributed by atoms with van der Waals surface area (Å²) in [6.45, 7) is 26.1. The van der Waals surface area contributed by atoms with Gasteiger partial charge >= 0.3 is 0 Å². The van der Waals surface area contributed by atoms with Gasteiger partial charge in [-0.25, -0.2) is 4.98 Å². The van der Waals surface area contributed by atoms with E-state index in [9.17, 15) is 5.26 Å². The van der Waals surface area contributed by atoms with Gasteiger partial charge in [0.1, 0.15) is 17.6 Å². The molecule has 0 radical (unpaired) electrons. The number of anilines is 6. The predicted octanol–water partition coefficient (Wildman–Crippen LogP) is 11.5. The van der Waals surface area contributed by atoms with Crippen LogP contribution in [0.2, 0.25) is 0 Å². The van der Waals surface area contributed by atoms with E-state index < -0.39 is 0 Å². The highest BCUT2D eigenvalue weighted by Gasteiger charge is 2.50. The Balaban J connectivity index is 1.35. The largest absolute Gasteiger partial charge is 0.310 e. The van der Waals surface area contributed by atoms with Crippen LogP contribution in [0.15, 0.2) is 84.9 Å². The van der Waals surface area contributed by atoms with Crippen molar-refractivity contribution in [2.45, 2.75) is 116 Å². The zero-order chi connectivity index (χ0) is 39.5. The lowest BCUT2D eigenvalue weighted by Gasteiger charge is -2.43. The lowest BCUT2D eigenvalue weighted by atomic mass is 9.36. The normalized spacial score (nSPS) is 18.9. The van der Waals surface area contributed by atoms with E-state index in [1.165, 1.54) is 65.0 Å². The second-order valence-corrected chi connectivity index (χ2v) is 21.8. The average molecular weight is 751 g/mol. The molecular formula is C50H51BN4S. The van der Waals surface area contributed by atoms with E-state index in [0.717, 1.165) is 35.7 Å². The van der Waals surface area contributed by atoms with Crippen molar-refractivity contribution in [1.82, 2.24) is 4.98 Å². The molecule has 4 heterocycles. The molecule has 2 aliphatic heterocycles. The zero-order valence-corrected chi connectivity index (χ0v) is 35.6. The first-order valence-corrected chi connectivity index (χ1v) is 21.1. The third-order valence-corrected chi connectivity index (χ3v) is 14.8. The van der Waals surface area contributed by atoms with Gasteiger partial charge in [0.25, 0.3) is 6.71 Å². The summed E-state index contributed by atoms with van der Waals surface area (Å²) < 4.78 is 2.62. The minimum atomic E-state index is -0.0495. The molecule has 2 aromatic heterocycles. The number of hydrogen-bond acceptors (Lipinski definition) is 5. The summed E-state index contributed by atoms with van der Waals surface area (Å²) >= 11 is 1.92. The molecule has 0 N–H and O–H groups in total. The first kappa shape index (κ1) is 35.6. The molecule has 6 heteroatoms. The van der Waals surface area contributed by atoms with Gasteiger partial charge in [-0.2, -0.15) is 5.26 Å². The van der Waals surface area contributed by atoms with Gasteiger partial charge in [-0.05, 0) is 127 Å². The summed E-state index contributed by atoms with van der Waals surface area (Å²) in [6, 6.07) is 34.6. The molecule has 0 unspecified atom stereocenters. The Kier molecular flexibility index (Phi) is 7.09. The molecule has 2 aliphatic carbocycles. The maximum atomic E-state index is 10.8. The third kappa shape index (κ3) is 4.86. The van der Waals surface area contributed by atoms with Crippen molar-refractivity contribution in [2.75, 3.05) is 9.80 Å². The number of fused-ring (bicyclic) bond motifs is 8. The summed E-state index contributed by atoms with van der Waals surface area (Å²) in [5.41, 5.74) is 15.7. The summed E-state index contributed by atoms with van der Waals surface area (Å²) in [5.74, 6) is 0.862. The molecule has 0 bridgehead atoms. The van der Waals surface area contributed by atoms with Crippen LogP contribution in [0.25, 0.3) is 10.1 Å². The van der Waals surface area contributed by atoms with Gasteiger partial charge in [0.05, 0.1) is 5.69 Å². The number of benzene rings is 4. The van der Waals surface area contributed by atoms with Gasteiger partial charge in [0, 0.05) is 37.6 Å². The Bertz CT molecular complexity index is 2720.